The lowest BCUT2D eigenvalue weighted by atomic mass is 10.0. The number of nitrogens with zero attached hydrogens (tertiary/aromatic N) is 2. The first kappa shape index (κ1) is 14.3. The Hall–Kier alpha value is -1.10. The normalized spacial score (nSPS) is 28.8. The highest BCUT2D eigenvalue weighted by molar-refractivity contribution is 5.94. The van der Waals surface area contributed by atoms with Crippen molar-refractivity contribution in [2.45, 2.75) is 39.2 Å². The van der Waals surface area contributed by atoms with E-state index in [2.05, 4.69) is 17.1 Å². The van der Waals surface area contributed by atoms with Crippen LogP contribution in [0.15, 0.2) is 0 Å². The van der Waals surface area contributed by atoms with Gasteiger partial charge >= 0.3 is 0 Å². The molecule has 0 radical (unpaired) electrons. The van der Waals surface area contributed by atoms with Crippen LogP contribution in [0.1, 0.15) is 33.1 Å². The third-order valence-corrected chi connectivity index (χ3v) is 4.15. The standard InChI is InChI=1S/C14H25N3O2/c1-3-5-12-14(19)17(10-13(18)15-12)9-11-6-7-16(4-2)8-11/h11-12H,3-10H2,1-2H3,(H,15,18). The molecule has 2 amide bonds. The molecule has 2 saturated heterocycles. The zero-order valence-electron chi connectivity index (χ0n) is 12.0. The van der Waals surface area contributed by atoms with E-state index in [1.54, 1.807) is 4.90 Å². The molecule has 2 fully saturated rings. The molecule has 0 spiro atoms. The monoisotopic (exact) mass is 267 g/mol. The van der Waals surface area contributed by atoms with Gasteiger partial charge in [0.05, 0.1) is 6.54 Å². The number of piperazine rings is 1. The summed E-state index contributed by atoms with van der Waals surface area (Å²) in [6, 6.07) is -0.296. The Bertz CT molecular complexity index is 346. The van der Waals surface area contributed by atoms with Crippen LogP contribution in [0, 0.1) is 5.92 Å². The van der Waals surface area contributed by atoms with Crippen LogP contribution in [0.4, 0.5) is 0 Å². The summed E-state index contributed by atoms with van der Waals surface area (Å²) < 4.78 is 0. The smallest absolute Gasteiger partial charge is 0.245 e. The molecule has 0 aromatic heterocycles. The summed E-state index contributed by atoms with van der Waals surface area (Å²) in [6.07, 6.45) is 2.79. The molecule has 2 aliphatic heterocycles. The van der Waals surface area contributed by atoms with Gasteiger partial charge in [-0.1, -0.05) is 20.3 Å². The average Bonchev–Trinajstić information content (AvgIpc) is 2.83. The van der Waals surface area contributed by atoms with Crippen molar-refractivity contribution in [3.8, 4) is 0 Å². The molecule has 0 bridgehead atoms. The van der Waals surface area contributed by atoms with Crippen LogP contribution in [0.3, 0.4) is 0 Å². The van der Waals surface area contributed by atoms with Gasteiger partial charge in [0, 0.05) is 13.1 Å². The van der Waals surface area contributed by atoms with Crippen LogP contribution >= 0.6 is 0 Å². The van der Waals surface area contributed by atoms with Crippen LogP contribution < -0.4 is 5.32 Å². The quantitative estimate of drug-likeness (QED) is 0.787. The van der Waals surface area contributed by atoms with Crippen molar-refractivity contribution in [3.05, 3.63) is 0 Å². The minimum Gasteiger partial charge on any atom is -0.343 e. The lowest BCUT2D eigenvalue weighted by Gasteiger charge is -2.34. The van der Waals surface area contributed by atoms with Crippen LogP contribution in [0.5, 0.6) is 0 Å². The molecule has 19 heavy (non-hydrogen) atoms. The largest absolute Gasteiger partial charge is 0.343 e. The van der Waals surface area contributed by atoms with Crippen LogP contribution in [0.25, 0.3) is 0 Å². The highest BCUT2D eigenvalue weighted by atomic mass is 16.2. The molecule has 2 heterocycles. The molecule has 2 aliphatic rings. The minimum atomic E-state index is -0.296. The van der Waals surface area contributed by atoms with E-state index in [-0.39, 0.29) is 24.4 Å². The second kappa shape index (κ2) is 6.37. The Kier molecular flexibility index (Phi) is 4.80. The van der Waals surface area contributed by atoms with E-state index in [4.69, 9.17) is 0 Å². The first-order valence-electron chi connectivity index (χ1n) is 7.44. The van der Waals surface area contributed by atoms with Crippen molar-refractivity contribution >= 4 is 11.8 Å². The van der Waals surface area contributed by atoms with E-state index >= 15 is 0 Å². The fraction of sp³-hybridized carbons (Fsp3) is 0.857. The second-order valence-electron chi connectivity index (χ2n) is 5.68. The zero-order valence-corrected chi connectivity index (χ0v) is 12.0. The zero-order chi connectivity index (χ0) is 13.8. The molecule has 0 aromatic carbocycles. The third kappa shape index (κ3) is 3.47. The fourth-order valence-electron chi connectivity index (χ4n) is 3.07. The highest BCUT2D eigenvalue weighted by Gasteiger charge is 2.34. The fourth-order valence-corrected chi connectivity index (χ4v) is 3.07. The molecule has 2 unspecified atom stereocenters. The molecular weight excluding hydrogens is 242 g/mol. The van der Waals surface area contributed by atoms with Gasteiger partial charge in [-0.05, 0) is 31.8 Å². The summed E-state index contributed by atoms with van der Waals surface area (Å²) in [6.45, 7) is 8.43. The van der Waals surface area contributed by atoms with Gasteiger partial charge in [0.2, 0.25) is 11.8 Å². The van der Waals surface area contributed by atoms with Crippen molar-refractivity contribution in [2.75, 3.05) is 32.7 Å². The van der Waals surface area contributed by atoms with Crippen LogP contribution in [-0.4, -0.2) is 60.4 Å². The van der Waals surface area contributed by atoms with Gasteiger partial charge in [0.1, 0.15) is 6.04 Å². The third-order valence-electron chi connectivity index (χ3n) is 4.15. The molecule has 0 aromatic rings. The Morgan fingerprint density at radius 2 is 2.11 bits per heavy atom. The molecule has 2 atom stereocenters. The second-order valence-corrected chi connectivity index (χ2v) is 5.68. The number of nitrogens with one attached hydrogen (secondary N) is 1. The molecular formula is C14H25N3O2. The number of carbonyl (C=O) groups excluding carboxylic acids is 2. The summed E-state index contributed by atoms with van der Waals surface area (Å²) >= 11 is 0. The van der Waals surface area contributed by atoms with Crippen molar-refractivity contribution in [1.29, 1.82) is 0 Å². The minimum absolute atomic E-state index is 0.0107. The van der Waals surface area contributed by atoms with Gasteiger partial charge in [-0.15, -0.1) is 0 Å². The van der Waals surface area contributed by atoms with Gasteiger partial charge in [-0.25, -0.2) is 0 Å². The van der Waals surface area contributed by atoms with E-state index < -0.39 is 0 Å². The number of likely N-dealkylation sites (tertiary alicyclic amines) is 1. The lowest BCUT2D eigenvalue weighted by Crippen LogP contribution is -2.58. The molecule has 5 nitrogen and oxygen atoms in total. The molecule has 2 rings (SSSR count). The summed E-state index contributed by atoms with van der Waals surface area (Å²) in [4.78, 5) is 28.2. The topological polar surface area (TPSA) is 52.7 Å². The van der Waals surface area contributed by atoms with E-state index in [1.807, 2.05) is 6.92 Å². The van der Waals surface area contributed by atoms with E-state index in [9.17, 15) is 9.59 Å². The SMILES string of the molecule is CCCC1NC(=O)CN(CC2CCN(CC)C2)C1=O. The average molecular weight is 267 g/mol. The summed E-state index contributed by atoms with van der Waals surface area (Å²) in [5.41, 5.74) is 0. The maximum Gasteiger partial charge on any atom is 0.245 e. The van der Waals surface area contributed by atoms with Crippen LogP contribution in [0.2, 0.25) is 0 Å². The van der Waals surface area contributed by atoms with Gasteiger partial charge in [0.25, 0.3) is 0 Å². The number of amides is 2. The Balaban J connectivity index is 1.91. The number of carbonyl (C=O) groups is 2. The Morgan fingerprint density at radius 1 is 1.32 bits per heavy atom. The summed E-state index contributed by atoms with van der Waals surface area (Å²) in [5, 5.41) is 2.80. The highest BCUT2D eigenvalue weighted by Crippen LogP contribution is 2.19. The first-order valence-corrected chi connectivity index (χ1v) is 7.44. The van der Waals surface area contributed by atoms with Gasteiger partial charge in [0.15, 0.2) is 0 Å². The van der Waals surface area contributed by atoms with E-state index in [0.717, 1.165) is 45.4 Å². The molecule has 108 valence electrons. The van der Waals surface area contributed by atoms with Crippen molar-refractivity contribution in [1.82, 2.24) is 15.1 Å². The summed E-state index contributed by atoms with van der Waals surface area (Å²) in [7, 11) is 0. The predicted molar refractivity (Wildman–Crippen MR) is 73.6 cm³/mol. The van der Waals surface area contributed by atoms with Gasteiger partial charge < -0.3 is 15.1 Å². The molecule has 5 heteroatoms. The lowest BCUT2D eigenvalue weighted by molar-refractivity contribution is -0.145. The Morgan fingerprint density at radius 3 is 2.74 bits per heavy atom. The molecule has 0 saturated carbocycles. The van der Waals surface area contributed by atoms with E-state index in [0.29, 0.717) is 5.92 Å². The van der Waals surface area contributed by atoms with Crippen molar-refractivity contribution in [3.63, 3.8) is 0 Å². The van der Waals surface area contributed by atoms with Crippen LogP contribution in [-0.2, 0) is 9.59 Å². The maximum absolute atomic E-state index is 12.3. The van der Waals surface area contributed by atoms with E-state index in [1.165, 1.54) is 0 Å². The Labute approximate surface area is 115 Å². The first-order chi connectivity index (χ1) is 9.13. The number of hydrogen-bond acceptors (Lipinski definition) is 3. The number of rotatable bonds is 5. The predicted octanol–water partition coefficient (Wildman–Crippen LogP) is 0.455. The van der Waals surface area contributed by atoms with Gasteiger partial charge in [-0.2, -0.15) is 0 Å². The maximum atomic E-state index is 12.3. The molecule has 0 aliphatic carbocycles. The van der Waals surface area contributed by atoms with Gasteiger partial charge in [-0.3, -0.25) is 9.59 Å². The molecule has 1 N–H and O–H groups in total. The number of hydrogen-bond donors (Lipinski definition) is 1. The van der Waals surface area contributed by atoms with Crippen molar-refractivity contribution in [2.24, 2.45) is 5.92 Å². The summed E-state index contributed by atoms with van der Waals surface area (Å²) in [5.74, 6) is 0.622. The van der Waals surface area contributed by atoms with Crippen molar-refractivity contribution < 1.29 is 9.59 Å².